The molecule has 0 saturated heterocycles. The van der Waals surface area contributed by atoms with Crippen LogP contribution in [0.25, 0.3) is 0 Å². The predicted molar refractivity (Wildman–Crippen MR) is 89.5 cm³/mol. The van der Waals surface area contributed by atoms with Gasteiger partial charge in [-0.1, -0.05) is 39.0 Å². The number of nitrogens with one attached hydrogen (secondary N) is 1. The highest BCUT2D eigenvalue weighted by Crippen LogP contribution is 2.34. The number of amides is 1. The lowest BCUT2D eigenvalue weighted by Crippen LogP contribution is -2.28. The summed E-state index contributed by atoms with van der Waals surface area (Å²) in [6, 6.07) is 12.3. The summed E-state index contributed by atoms with van der Waals surface area (Å²) in [6.07, 6.45) is 2.87. The fourth-order valence-electron chi connectivity index (χ4n) is 2.53. The Balaban J connectivity index is 1.77. The fourth-order valence-corrected chi connectivity index (χ4v) is 2.53. The summed E-state index contributed by atoms with van der Waals surface area (Å²) < 4.78 is 0. The third kappa shape index (κ3) is 2.82. The number of carbonyl (C=O) groups excluding carboxylic acids is 1. The Kier molecular flexibility index (Phi) is 3.61. The molecule has 3 rings (SSSR count). The summed E-state index contributed by atoms with van der Waals surface area (Å²) >= 11 is 0. The zero-order valence-electron chi connectivity index (χ0n) is 13.3. The van der Waals surface area contributed by atoms with Crippen molar-refractivity contribution in [3.8, 4) is 0 Å². The van der Waals surface area contributed by atoms with Gasteiger partial charge in [0, 0.05) is 17.6 Å². The van der Waals surface area contributed by atoms with Crippen LogP contribution in [0.2, 0.25) is 0 Å². The van der Waals surface area contributed by atoms with Crippen LogP contribution in [0.15, 0.2) is 42.6 Å². The molecule has 114 valence electrons. The zero-order chi connectivity index (χ0) is 15.7. The second-order valence-corrected chi connectivity index (χ2v) is 6.64. The molecule has 1 aliphatic rings. The van der Waals surface area contributed by atoms with Crippen LogP contribution in [0.3, 0.4) is 0 Å². The molecular formula is C18H21N3O. The Morgan fingerprint density at radius 1 is 1.18 bits per heavy atom. The Labute approximate surface area is 131 Å². The predicted octanol–water partition coefficient (Wildman–Crippen LogP) is 3.76. The zero-order valence-corrected chi connectivity index (χ0v) is 13.3. The van der Waals surface area contributed by atoms with Crippen LogP contribution in [-0.4, -0.2) is 17.4 Å². The van der Waals surface area contributed by atoms with Crippen LogP contribution in [0.4, 0.5) is 17.2 Å². The van der Waals surface area contributed by atoms with Crippen LogP contribution < -0.4 is 10.2 Å². The van der Waals surface area contributed by atoms with Crippen molar-refractivity contribution >= 4 is 23.1 Å². The number of carbonyl (C=O) groups is 1. The number of rotatable bonds is 2. The SMILES string of the molecule is CC(C)(C)C(=O)Nc1ccc(N2CCc3ccccc32)cn1. The van der Waals surface area contributed by atoms with Crippen molar-refractivity contribution in [3.05, 3.63) is 48.2 Å². The number of fused-ring (bicyclic) bond motifs is 1. The van der Waals surface area contributed by atoms with Crippen LogP contribution in [0.1, 0.15) is 26.3 Å². The highest BCUT2D eigenvalue weighted by molar-refractivity contribution is 5.93. The maximum Gasteiger partial charge on any atom is 0.230 e. The third-order valence-corrected chi connectivity index (χ3v) is 3.87. The first-order chi connectivity index (χ1) is 10.4. The first kappa shape index (κ1) is 14.6. The van der Waals surface area contributed by atoms with Gasteiger partial charge in [-0.25, -0.2) is 4.98 Å². The fraction of sp³-hybridized carbons (Fsp3) is 0.333. The lowest BCUT2D eigenvalue weighted by atomic mass is 9.96. The van der Waals surface area contributed by atoms with Gasteiger partial charge in [0.05, 0.1) is 11.9 Å². The summed E-state index contributed by atoms with van der Waals surface area (Å²) in [5.41, 5.74) is 3.25. The molecule has 0 atom stereocenters. The molecule has 0 bridgehead atoms. The van der Waals surface area contributed by atoms with E-state index in [2.05, 4.69) is 39.5 Å². The van der Waals surface area contributed by atoms with Gasteiger partial charge in [0.2, 0.25) is 5.91 Å². The molecule has 2 heterocycles. The van der Waals surface area contributed by atoms with Crippen LogP contribution >= 0.6 is 0 Å². The molecule has 4 nitrogen and oxygen atoms in total. The molecule has 0 spiro atoms. The second kappa shape index (κ2) is 5.44. The lowest BCUT2D eigenvalue weighted by molar-refractivity contribution is -0.123. The number of benzene rings is 1. The van der Waals surface area contributed by atoms with Crippen molar-refractivity contribution in [1.29, 1.82) is 0 Å². The number of hydrogen-bond acceptors (Lipinski definition) is 3. The van der Waals surface area contributed by atoms with Gasteiger partial charge in [0.25, 0.3) is 0 Å². The van der Waals surface area contributed by atoms with E-state index in [1.54, 1.807) is 0 Å². The molecule has 22 heavy (non-hydrogen) atoms. The van der Waals surface area contributed by atoms with Gasteiger partial charge in [-0.05, 0) is 30.2 Å². The van der Waals surface area contributed by atoms with E-state index in [1.807, 2.05) is 39.1 Å². The molecule has 1 aromatic carbocycles. The molecule has 0 radical (unpaired) electrons. The van der Waals surface area contributed by atoms with E-state index in [0.29, 0.717) is 5.82 Å². The lowest BCUT2D eigenvalue weighted by Gasteiger charge is -2.20. The van der Waals surface area contributed by atoms with E-state index in [9.17, 15) is 4.79 Å². The van der Waals surface area contributed by atoms with E-state index in [4.69, 9.17) is 0 Å². The van der Waals surface area contributed by atoms with E-state index < -0.39 is 5.41 Å². The van der Waals surface area contributed by atoms with Crippen molar-refractivity contribution in [2.24, 2.45) is 5.41 Å². The van der Waals surface area contributed by atoms with Gasteiger partial charge in [0.15, 0.2) is 0 Å². The third-order valence-electron chi connectivity index (χ3n) is 3.87. The summed E-state index contributed by atoms with van der Waals surface area (Å²) in [7, 11) is 0. The van der Waals surface area contributed by atoms with E-state index in [0.717, 1.165) is 18.7 Å². The van der Waals surface area contributed by atoms with E-state index in [-0.39, 0.29) is 5.91 Å². The van der Waals surface area contributed by atoms with Gasteiger partial charge >= 0.3 is 0 Å². The number of nitrogens with zero attached hydrogens (tertiary/aromatic N) is 2. The average molecular weight is 295 g/mol. The molecule has 1 aromatic heterocycles. The second-order valence-electron chi connectivity index (χ2n) is 6.64. The standard InChI is InChI=1S/C18H21N3O/c1-18(2,3)17(22)20-16-9-8-14(12-19-16)21-11-10-13-6-4-5-7-15(13)21/h4-9,12H,10-11H2,1-3H3,(H,19,20,22). The van der Waals surface area contributed by atoms with E-state index >= 15 is 0 Å². The minimum Gasteiger partial charge on any atom is -0.340 e. The molecule has 1 amide bonds. The molecule has 1 aliphatic heterocycles. The summed E-state index contributed by atoms with van der Waals surface area (Å²) in [5, 5.41) is 2.85. The number of para-hydroxylation sites is 1. The smallest absolute Gasteiger partial charge is 0.230 e. The molecule has 0 aliphatic carbocycles. The van der Waals surface area contributed by atoms with Crippen LogP contribution in [0.5, 0.6) is 0 Å². The van der Waals surface area contributed by atoms with Crippen LogP contribution in [0, 0.1) is 5.41 Å². The first-order valence-corrected chi connectivity index (χ1v) is 7.58. The van der Waals surface area contributed by atoms with Gasteiger partial charge in [-0.3, -0.25) is 4.79 Å². The van der Waals surface area contributed by atoms with Gasteiger partial charge < -0.3 is 10.2 Å². The Morgan fingerprint density at radius 3 is 2.64 bits per heavy atom. The summed E-state index contributed by atoms with van der Waals surface area (Å²) in [5.74, 6) is 0.565. The Bertz CT molecular complexity index is 686. The maximum atomic E-state index is 12.0. The molecule has 4 heteroatoms. The summed E-state index contributed by atoms with van der Waals surface area (Å²) in [4.78, 5) is 18.6. The van der Waals surface area contributed by atoms with Crippen molar-refractivity contribution in [2.75, 3.05) is 16.8 Å². The normalized spacial score (nSPS) is 13.9. The van der Waals surface area contributed by atoms with Crippen molar-refractivity contribution in [2.45, 2.75) is 27.2 Å². The molecule has 0 fully saturated rings. The van der Waals surface area contributed by atoms with Gasteiger partial charge in [-0.2, -0.15) is 0 Å². The number of hydrogen-bond donors (Lipinski definition) is 1. The molecule has 0 saturated carbocycles. The minimum atomic E-state index is -0.422. The topological polar surface area (TPSA) is 45.2 Å². The van der Waals surface area contributed by atoms with Gasteiger partial charge in [-0.15, -0.1) is 0 Å². The quantitative estimate of drug-likeness (QED) is 0.917. The minimum absolute atomic E-state index is 0.0285. The Hall–Kier alpha value is -2.36. The molecular weight excluding hydrogens is 274 g/mol. The maximum absolute atomic E-state index is 12.0. The number of pyridine rings is 1. The van der Waals surface area contributed by atoms with Crippen molar-refractivity contribution in [3.63, 3.8) is 0 Å². The highest BCUT2D eigenvalue weighted by atomic mass is 16.2. The van der Waals surface area contributed by atoms with Gasteiger partial charge in [0.1, 0.15) is 5.82 Å². The largest absolute Gasteiger partial charge is 0.340 e. The van der Waals surface area contributed by atoms with E-state index in [1.165, 1.54) is 11.3 Å². The molecule has 1 N–H and O–H groups in total. The summed E-state index contributed by atoms with van der Waals surface area (Å²) in [6.45, 7) is 6.63. The highest BCUT2D eigenvalue weighted by Gasteiger charge is 2.22. The Morgan fingerprint density at radius 2 is 1.95 bits per heavy atom. The number of anilines is 3. The van der Waals surface area contributed by atoms with Crippen molar-refractivity contribution < 1.29 is 4.79 Å². The average Bonchev–Trinajstić information content (AvgIpc) is 2.91. The monoisotopic (exact) mass is 295 g/mol. The molecule has 2 aromatic rings. The first-order valence-electron chi connectivity index (χ1n) is 7.58. The number of aromatic nitrogens is 1. The van der Waals surface area contributed by atoms with Crippen LogP contribution in [-0.2, 0) is 11.2 Å². The molecule has 0 unspecified atom stereocenters. The van der Waals surface area contributed by atoms with Crippen molar-refractivity contribution in [1.82, 2.24) is 4.98 Å².